The van der Waals surface area contributed by atoms with Crippen LogP contribution < -0.4 is 10.2 Å². The number of carboxylic acid groups (broad SMARTS) is 1. The highest BCUT2D eigenvalue weighted by atomic mass is 35.5. The zero-order chi connectivity index (χ0) is 18.5. The van der Waals surface area contributed by atoms with Gasteiger partial charge in [-0.05, 0) is 56.7 Å². The van der Waals surface area contributed by atoms with Crippen molar-refractivity contribution in [3.63, 3.8) is 0 Å². The third kappa shape index (κ3) is 5.18. The lowest BCUT2D eigenvalue weighted by molar-refractivity contribution is 0.177. The number of rotatable bonds is 5. The van der Waals surface area contributed by atoms with Crippen LogP contribution in [-0.4, -0.2) is 54.9 Å². The largest absolute Gasteiger partial charge is 0.465 e. The lowest BCUT2D eigenvalue weighted by atomic mass is 9.84. The number of nitrogens with zero attached hydrogens (tertiary/aromatic N) is 2. The summed E-state index contributed by atoms with van der Waals surface area (Å²) in [5.41, 5.74) is 1.03. The molecule has 0 spiro atoms. The Morgan fingerprint density at radius 3 is 2.46 bits per heavy atom. The minimum atomic E-state index is -0.897. The number of piperazine rings is 1. The van der Waals surface area contributed by atoms with Crippen LogP contribution in [-0.2, 0) is 0 Å². The van der Waals surface area contributed by atoms with Crippen molar-refractivity contribution < 1.29 is 9.90 Å². The topological polar surface area (TPSA) is 55.8 Å². The van der Waals surface area contributed by atoms with Gasteiger partial charge in [0.1, 0.15) is 0 Å². The van der Waals surface area contributed by atoms with Gasteiger partial charge >= 0.3 is 6.09 Å². The molecule has 1 amide bonds. The molecule has 2 N–H and O–H groups in total. The van der Waals surface area contributed by atoms with Crippen LogP contribution in [0, 0.1) is 5.92 Å². The van der Waals surface area contributed by atoms with E-state index in [9.17, 15) is 4.79 Å². The van der Waals surface area contributed by atoms with Crippen LogP contribution >= 0.6 is 23.2 Å². The number of hydrogen-bond acceptors (Lipinski definition) is 3. The standard InChI is InChI=1S/C19H27Cl2N3O2/c20-16-2-1-3-17(18(16)21)24-12-10-23(11-13-24)9-8-14-4-6-15(7-5-14)22-19(25)26/h1-3,14-15,22H,4-13H2,(H,25,26). The maximum atomic E-state index is 10.7. The van der Waals surface area contributed by atoms with Crippen molar-refractivity contribution in [3.8, 4) is 0 Å². The highest BCUT2D eigenvalue weighted by Gasteiger charge is 2.24. The predicted octanol–water partition coefficient (Wildman–Crippen LogP) is 4.33. The molecule has 0 atom stereocenters. The van der Waals surface area contributed by atoms with Gasteiger partial charge in [-0.2, -0.15) is 0 Å². The van der Waals surface area contributed by atoms with Crippen LogP contribution in [0.3, 0.4) is 0 Å². The molecule has 2 fully saturated rings. The normalized spacial score (nSPS) is 24.5. The molecule has 144 valence electrons. The Labute approximate surface area is 165 Å². The van der Waals surface area contributed by atoms with Crippen LogP contribution in [0.15, 0.2) is 18.2 Å². The molecule has 1 heterocycles. The van der Waals surface area contributed by atoms with E-state index in [1.165, 1.54) is 6.42 Å². The maximum Gasteiger partial charge on any atom is 0.404 e. The molecular weight excluding hydrogens is 373 g/mol. The third-order valence-corrected chi connectivity index (χ3v) is 6.48. The minimum absolute atomic E-state index is 0.148. The first-order valence-electron chi connectivity index (χ1n) is 9.43. The predicted molar refractivity (Wildman–Crippen MR) is 107 cm³/mol. The second-order valence-electron chi connectivity index (χ2n) is 7.36. The molecule has 1 aromatic rings. The van der Waals surface area contributed by atoms with E-state index in [2.05, 4.69) is 15.1 Å². The van der Waals surface area contributed by atoms with Crippen molar-refractivity contribution in [2.75, 3.05) is 37.6 Å². The van der Waals surface area contributed by atoms with Gasteiger partial charge in [0.25, 0.3) is 0 Å². The van der Waals surface area contributed by atoms with Crippen molar-refractivity contribution in [1.82, 2.24) is 10.2 Å². The zero-order valence-corrected chi connectivity index (χ0v) is 16.5. The van der Waals surface area contributed by atoms with E-state index in [1.807, 2.05) is 18.2 Å². The Bertz CT molecular complexity index is 613. The molecule has 1 saturated heterocycles. The monoisotopic (exact) mass is 399 g/mol. The number of anilines is 1. The first-order chi connectivity index (χ1) is 12.5. The molecule has 0 aromatic heterocycles. The smallest absolute Gasteiger partial charge is 0.404 e. The molecule has 7 heteroatoms. The summed E-state index contributed by atoms with van der Waals surface area (Å²) in [4.78, 5) is 15.5. The van der Waals surface area contributed by atoms with Gasteiger partial charge in [0.05, 0.1) is 15.7 Å². The lowest BCUT2D eigenvalue weighted by Crippen LogP contribution is -2.47. The van der Waals surface area contributed by atoms with Gasteiger partial charge < -0.3 is 15.3 Å². The van der Waals surface area contributed by atoms with Crippen molar-refractivity contribution in [3.05, 3.63) is 28.2 Å². The Hall–Kier alpha value is -1.17. The van der Waals surface area contributed by atoms with Gasteiger partial charge in [0, 0.05) is 32.2 Å². The van der Waals surface area contributed by atoms with E-state index in [1.54, 1.807) is 0 Å². The summed E-state index contributed by atoms with van der Waals surface area (Å²) >= 11 is 12.5. The number of carbonyl (C=O) groups is 1. The summed E-state index contributed by atoms with van der Waals surface area (Å²) in [6.45, 7) is 5.14. The van der Waals surface area contributed by atoms with Crippen molar-refractivity contribution in [1.29, 1.82) is 0 Å². The van der Waals surface area contributed by atoms with Crippen molar-refractivity contribution in [2.45, 2.75) is 38.1 Å². The summed E-state index contributed by atoms with van der Waals surface area (Å²) in [6.07, 6.45) is 4.51. The van der Waals surface area contributed by atoms with E-state index >= 15 is 0 Å². The van der Waals surface area contributed by atoms with E-state index in [4.69, 9.17) is 28.3 Å². The Morgan fingerprint density at radius 1 is 1.12 bits per heavy atom. The number of benzene rings is 1. The number of hydrogen-bond donors (Lipinski definition) is 2. The molecule has 1 aromatic carbocycles. The summed E-state index contributed by atoms with van der Waals surface area (Å²) in [5.74, 6) is 0.724. The summed E-state index contributed by atoms with van der Waals surface area (Å²) in [6, 6.07) is 5.96. The molecule has 1 aliphatic heterocycles. The molecule has 2 aliphatic rings. The summed E-state index contributed by atoms with van der Waals surface area (Å²) in [7, 11) is 0. The van der Waals surface area contributed by atoms with Gasteiger partial charge in [0.2, 0.25) is 0 Å². The number of amides is 1. The number of nitrogens with one attached hydrogen (secondary N) is 1. The fourth-order valence-electron chi connectivity index (χ4n) is 4.08. The van der Waals surface area contributed by atoms with Crippen LogP contribution in [0.25, 0.3) is 0 Å². The average Bonchev–Trinajstić information content (AvgIpc) is 2.63. The van der Waals surface area contributed by atoms with E-state index < -0.39 is 6.09 Å². The van der Waals surface area contributed by atoms with E-state index in [-0.39, 0.29) is 6.04 Å². The molecule has 1 saturated carbocycles. The van der Waals surface area contributed by atoms with Gasteiger partial charge in [-0.15, -0.1) is 0 Å². The molecule has 3 rings (SSSR count). The molecule has 26 heavy (non-hydrogen) atoms. The highest BCUT2D eigenvalue weighted by Crippen LogP contribution is 2.33. The maximum absolute atomic E-state index is 10.7. The van der Waals surface area contributed by atoms with Crippen LogP contribution in [0.1, 0.15) is 32.1 Å². The summed E-state index contributed by atoms with van der Waals surface area (Å²) < 4.78 is 0. The van der Waals surface area contributed by atoms with Gasteiger partial charge in [-0.25, -0.2) is 4.79 Å². The summed E-state index contributed by atoms with van der Waals surface area (Å²) in [5, 5.41) is 12.7. The quantitative estimate of drug-likeness (QED) is 0.773. The first kappa shape index (κ1) is 19.6. The van der Waals surface area contributed by atoms with Gasteiger partial charge in [-0.1, -0.05) is 29.3 Å². The highest BCUT2D eigenvalue weighted by molar-refractivity contribution is 6.43. The minimum Gasteiger partial charge on any atom is -0.465 e. The van der Waals surface area contributed by atoms with Crippen LogP contribution in [0.2, 0.25) is 10.0 Å². The molecule has 0 bridgehead atoms. The fourth-order valence-corrected chi connectivity index (χ4v) is 4.50. The molecule has 0 radical (unpaired) electrons. The van der Waals surface area contributed by atoms with Crippen molar-refractivity contribution in [2.24, 2.45) is 5.92 Å². The van der Waals surface area contributed by atoms with Crippen LogP contribution in [0.4, 0.5) is 10.5 Å². The molecular formula is C19H27Cl2N3O2. The number of halogens is 2. The zero-order valence-electron chi connectivity index (χ0n) is 15.0. The van der Waals surface area contributed by atoms with E-state index in [0.29, 0.717) is 10.0 Å². The third-order valence-electron chi connectivity index (χ3n) is 5.67. The van der Waals surface area contributed by atoms with Crippen LogP contribution in [0.5, 0.6) is 0 Å². The molecule has 5 nitrogen and oxygen atoms in total. The Balaban J connectivity index is 1.38. The lowest BCUT2D eigenvalue weighted by Gasteiger charge is -2.37. The average molecular weight is 400 g/mol. The first-order valence-corrected chi connectivity index (χ1v) is 10.2. The Kier molecular flexibility index (Phi) is 6.90. The van der Waals surface area contributed by atoms with Gasteiger partial charge in [-0.3, -0.25) is 4.90 Å². The SMILES string of the molecule is O=C(O)NC1CCC(CCN2CCN(c3cccc(Cl)c3Cl)CC2)CC1. The second kappa shape index (κ2) is 9.16. The fraction of sp³-hybridized carbons (Fsp3) is 0.632. The van der Waals surface area contributed by atoms with Crippen molar-refractivity contribution >= 4 is 35.0 Å². The molecule has 1 aliphatic carbocycles. The second-order valence-corrected chi connectivity index (χ2v) is 8.14. The van der Waals surface area contributed by atoms with Gasteiger partial charge in [0.15, 0.2) is 0 Å². The van der Waals surface area contributed by atoms with E-state index in [0.717, 1.165) is 70.0 Å². The Morgan fingerprint density at radius 2 is 1.81 bits per heavy atom. The molecule has 0 unspecified atom stereocenters.